The third-order valence-electron chi connectivity index (χ3n) is 5.33. The molecule has 0 saturated carbocycles. The molecule has 0 aromatic heterocycles. The fourth-order valence-corrected chi connectivity index (χ4v) is 3.57. The van der Waals surface area contributed by atoms with Gasteiger partial charge in [-0.05, 0) is 30.6 Å². The second kappa shape index (κ2) is 16.9. The van der Waals surface area contributed by atoms with E-state index in [4.69, 9.17) is 4.74 Å². The van der Waals surface area contributed by atoms with Gasteiger partial charge in [0.15, 0.2) is 0 Å². The minimum Gasteiger partial charge on any atom is -0.465 e. The number of unbranched alkanes of at least 4 members (excludes halogenated alkanes) is 6. The first kappa shape index (κ1) is 24.5. The second-order valence-corrected chi connectivity index (χ2v) is 8.41. The molecule has 0 amide bonds. The van der Waals surface area contributed by atoms with E-state index in [2.05, 4.69) is 34.6 Å². The summed E-state index contributed by atoms with van der Waals surface area (Å²) in [5, 5.41) is 0. The lowest BCUT2D eigenvalue weighted by Gasteiger charge is -2.23. The van der Waals surface area contributed by atoms with Crippen LogP contribution < -0.4 is 0 Å². The molecule has 0 bridgehead atoms. The van der Waals surface area contributed by atoms with Crippen LogP contribution in [0.5, 0.6) is 0 Å². The molecule has 0 N–H and O–H groups in total. The summed E-state index contributed by atoms with van der Waals surface area (Å²) in [6, 6.07) is 0. The Bertz CT molecular complexity index is 298. The van der Waals surface area contributed by atoms with Crippen molar-refractivity contribution in [2.75, 3.05) is 6.61 Å². The topological polar surface area (TPSA) is 26.3 Å². The van der Waals surface area contributed by atoms with E-state index in [-0.39, 0.29) is 5.97 Å². The molecule has 0 aromatic rings. The Morgan fingerprint density at radius 2 is 1.32 bits per heavy atom. The van der Waals surface area contributed by atoms with Crippen LogP contribution in [0.4, 0.5) is 0 Å². The maximum atomic E-state index is 11.9. The summed E-state index contributed by atoms with van der Waals surface area (Å²) in [5.41, 5.74) is 0. The second-order valence-electron chi connectivity index (χ2n) is 8.41. The molecule has 2 heteroatoms. The zero-order chi connectivity index (χ0) is 18.9. The lowest BCUT2D eigenvalue weighted by molar-refractivity contribution is -0.145. The molecule has 2 nitrogen and oxygen atoms in total. The predicted octanol–water partition coefficient (Wildman–Crippen LogP) is 7.55. The van der Waals surface area contributed by atoms with E-state index in [0.29, 0.717) is 24.9 Å². The first-order chi connectivity index (χ1) is 12.0. The molecule has 2 unspecified atom stereocenters. The van der Waals surface area contributed by atoms with Crippen LogP contribution in [0.3, 0.4) is 0 Å². The van der Waals surface area contributed by atoms with Gasteiger partial charge in [-0.3, -0.25) is 4.79 Å². The number of hydrogen-bond donors (Lipinski definition) is 0. The number of carbonyl (C=O) groups excluding carboxylic acids is 1. The summed E-state index contributed by atoms with van der Waals surface area (Å²) in [5.74, 6) is 2.06. The van der Waals surface area contributed by atoms with E-state index < -0.39 is 0 Å². The van der Waals surface area contributed by atoms with Gasteiger partial charge in [0.25, 0.3) is 0 Å². The fourth-order valence-electron chi connectivity index (χ4n) is 3.57. The minimum atomic E-state index is 0.0155. The third-order valence-corrected chi connectivity index (χ3v) is 5.33. The van der Waals surface area contributed by atoms with E-state index in [1.165, 1.54) is 70.6 Å². The average molecular weight is 355 g/mol. The SMILES string of the molecule is CCCC(C)C(CCC)COC(=O)CCCCCCCCCC(C)C. The van der Waals surface area contributed by atoms with Gasteiger partial charge in [-0.15, -0.1) is 0 Å². The van der Waals surface area contributed by atoms with Crippen LogP contribution in [0.15, 0.2) is 0 Å². The highest BCUT2D eigenvalue weighted by Crippen LogP contribution is 2.22. The molecule has 0 rings (SSSR count). The molecule has 0 aromatic carbocycles. The molecule has 2 atom stereocenters. The van der Waals surface area contributed by atoms with E-state index in [0.717, 1.165) is 12.3 Å². The van der Waals surface area contributed by atoms with Gasteiger partial charge in [0.1, 0.15) is 0 Å². The van der Waals surface area contributed by atoms with Crippen molar-refractivity contribution in [3.05, 3.63) is 0 Å². The zero-order valence-corrected chi connectivity index (χ0v) is 17.9. The third kappa shape index (κ3) is 15.4. The Morgan fingerprint density at radius 3 is 1.88 bits per heavy atom. The molecule has 0 spiro atoms. The van der Waals surface area contributed by atoms with Crippen LogP contribution in [0.2, 0.25) is 0 Å². The summed E-state index contributed by atoms with van der Waals surface area (Å²) >= 11 is 0. The lowest BCUT2D eigenvalue weighted by atomic mass is 9.87. The van der Waals surface area contributed by atoms with Crippen LogP contribution in [-0.2, 0) is 9.53 Å². The molecule has 0 aliphatic rings. The largest absolute Gasteiger partial charge is 0.465 e. The van der Waals surface area contributed by atoms with Gasteiger partial charge >= 0.3 is 5.97 Å². The summed E-state index contributed by atoms with van der Waals surface area (Å²) in [6.45, 7) is 12.0. The Balaban J connectivity index is 3.62. The van der Waals surface area contributed by atoms with Crippen molar-refractivity contribution in [1.29, 1.82) is 0 Å². The number of ether oxygens (including phenoxy) is 1. The van der Waals surface area contributed by atoms with Gasteiger partial charge in [0.05, 0.1) is 6.61 Å². The van der Waals surface area contributed by atoms with Gasteiger partial charge in [-0.2, -0.15) is 0 Å². The number of carbonyl (C=O) groups is 1. The maximum absolute atomic E-state index is 11.9. The van der Waals surface area contributed by atoms with Crippen LogP contribution in [0, 0.1) is 17.8 Å². The molecule has 0 saturated heterocycles. The number of rotatable bonds is 17. The van der Waals surface area contributed by atoms with E-state index in [1.807, 2.05) is 0 Å². The van der Waals surface area contributed by atoms with E-state index >= 15 is 0 Å². The predicted molar refractivity (Wildman–Crippen MR) is 110 cm³/mol. The molecular formula is C23H46O2. The van der Waals surface area contributed by atoms with Gasteiger partial charge in [-0.25, -0.2) is 0 Å². The number of esters is 1. The van der Waals surface area contributed by atoms with Crippen molar-refractivity contribution in [2.45, 2.75) is 118 Å². The van der Waals surface area contributed by atoms with Crippen LogP contribution in [0.1, 0.15) is 118 Å². The van der Waals surface area contributed by atoms with Crippen molar-refractivity contribution in [3.8, 4) is 0 Å². The molecule has 0 radical (unpaired) electrons. The first-order valence-electron chi connectivity index (χ1n) is 11.2. The average Bonchev–Trinajstić information content (AvgIpc) is 2.56. The van der Waals surface area contributed by atoms with Crippen molar-refractivity contribution in [2.24, 2.45) is 17.8 Å². The lowest BCUT2D eigenvalue weighted by Crippen LogP contribution is -2.20. The first-order valence-corrected chi connectivity index (χ1v) is 11.2. The molecule has 25 heavy (non-hydrogen) atoms. The Morgan fingerprint density at radius 1 is 0.760 bits per heavy atom. The van der Waals surface area contributed by atoms with Crippen LogP contribution in [-0.4, -0.2) is 12.6 Å². The molecule has 0 fully saturated rings. The summed E-state index contributed by atoms with van der Waals surface area (Å²) in [6.07, 6.45) is 15.6. The van der Waals surface area contributed by atoms with Crippen molar-refractivity contribution in [3.63, 3.8) is 0 Å². The zero-order valence-electron chi connectivity index (χ0n) is 17.9. The molecule has 0 heterocycles. The minimum absolute atomic E-state index is 0.0155. The summed E-state index contributed by atoms with van der Waals surface area (Å²) < 4.78 is 5.57. The molecule has 150 valence electrons. The monoisotopic (exact) mass is 354 g/mol. The Hall–Kier alpha value is -0.530. The van der Waals surface area contributed by atoms with Gasteiger partial charge in [0, 0.05) is 6.42 Å². The maximum Gasteiger partial charge on any atom is 0.305 e. The Kier molecular flexibility index (Phi) is 16.6. The van der Waals surface area contributed by atoms with Crippen molar-refractivity contribution < 1.29 is 9.53 Å². The Labute approximate surface area is 158 Å². The normalized spacial score (nSPS) is 13.8. The molecule has 0 aliphatic carbocycles. The van der Waals surface area contributed by atoms with E-state index in [1.54, 1.807) is 0 Å². The highest BCUT2D eigenvalue weighted by molar-refractivity contribution is 5.69. The van der Waals surface area contributed by atoms with Crippen molar-refractivity contribution >= 4 is 5.97 Å². The van der Waals surface area contributed by atoms with Crippen LogP contribution in [0.25, 0.3) is 0 Å². The molecule has 0 aliphatic heterocycles. The molecular weight excluding hydrogens is 308 g/mol. The highest BCUT2D eigenvalue weighted by atomic mass is 16.5. The summed E-state index contributed by atoms with van der Waals surface area (Å²) in [7, 11) is 0. The van der Waals surface area contributed by atoms with E-state index in [9.17, 15) is 4.79 Å². The quantitative estimate of drug-likeness (QED) is 0.199. The fraction of sp³-hybridized carbons (Fsp3) is 0.957. The smallest absolute Gasteiger partial charge is 0.305 e. The van der Waals surface area contributed by atoms with Gasteiger partial charge in [-0.1, -0.05) is 98.8 Å². The van der Waals surface area contributed by atoms with Gasteiger partial charge in [0.2, 0.25) is 0 Å². The highest BCUT2D eigenvalue weighted by Gasteiger charge is 2.17. The van der Waals surface area contributed by atoms with Crippen LogP contribution >= 0.6 is 0 Å². The summed E-state index contributed by atoms with van der Waals surface area (Å²) in [4.78, 5) is 11.9. The standard InChI is InChI=1S/C23H46O2/c1-6-15-21(5)22(16-7-2)19-25-23(24)18-14-12-10-8-9-11-13-17-20(3)4/h20-22H,6-19H2,1-5H3. The van der Waals surface area contributed by atoms with Gasteiger partial charge < -0.3 is 4.74 Å². The van der Waals surface area contributed by atoms with Crippen molar-refractivity contribution in [1.82, 2.24) is 0 Å². The number of hydrogen-bond acceptors (Lipinski definition) is 2.